The minimum atomic E-state index is -0.347. The molecule has 9 heteroatoms. The third kappa shape index (κ3) is 6.74. The predicted octanol–water partition coefficient (Wildman–Crippen LogP) is 6.27. The molecule has 0 spiro atoms. The van der Waals surface area contributed by atoms with Crippen LogP contribution in [0.4, 0.5) is 17.2 Å². The summed E-state index contributed by atoms with van der Waals surface area (Å²) in [5.41, 5.74) is 5.95. The zero-order valence-electron chi connectivity index (χ0n) is 28.0. The van der Waals surface area contributed by atoms with E-state index in [0.717, 1.165) is 28.8 Å². The zero-order chi connectivity index (χ0) is 33.3. The number of aryl methyl sites for hydroxylation is 1. The van der Waals surface area contributed by atoms with E-state index in [0.29, 0.717) is 29.2 Å². The summed E-state index contributed by atoms with van der Waals surface area (Å²) in [6.45, 7) is 14.1. The van der Waals surface area contributed by atoms with E-state index in [1.807, 2.05) is 80.7 Å². The zero-order valence-corrected chi connectivity index (χ0v) is 28.0. The van der Waals surface area contributed by atoms with Gasteiger partial charge in [0.15, 0.2) is 5.82 Å². The number of hydrogen-bond donors (Lipinski definition) is 2. The first-order valence-electron chi connectivity index (χ1n) is 15.7. The Kier molecular flexibility index (Phi) is 9.17. The molecule has 0 bridgehead atoms. The minimum absolute atomic E-state index is 0.00195. The van der Waals surface area contributed by atoms with Crippen molar-refractivity contribution in [2.45, 2.75) is 59.0 Å². The van der Waals surface area contributed by atoms with Crippen molar-refractivity contribution in [2.75, 3.05) is 30.8 Å². The summed E-state index contributed by atoms with van der Waals surface area (Å²) in [6.07, 6.45) is 1.70. The minimum Gasteiger partial charge on any atom is -0.343 e. The molecule has 1 aromatic heterocycles. The smallest absolute Gasteiger partial charge is 0.293 e. The normalized spacial score (nSPS) is 15.7. The number of likely N-dealkylation sites (N-methyl/N-ethyl adjacent to an activating group) is 1. The van der Waals surface area contributed by atoms with Crippen molar-refractivity contribution in [3.63, 3.8) is 0 Å². The van der Waals surface area contributed by atoms with Crippen molar-refractivity contribution in [1.82, 2.24) is 19.4 Å². The summed E-state index contributed by atoms with van der Waals surface area (Å²) < 4.78 is 1.50. The van der Waals surface area contributed by atoms with Crippen LogP contribution in [0.1, 0.15) is 67.7 Å². The van der Waals surface area contributed by atoms with Gasteiger partial charge in [0.1, 0.15) is 6.04 Å². The van der Waals surface area contributed by atoms with Gasteiger partial charge in [-0.25, -0.2) is 4.98 Å². The topological polar surface area (TPSA) is 99.6 Å². The lowest BCUT2D eigenvalue weighted by atomic mass is 9.86. The molecule has 0 saturated carbocycles. The largest absolute Gasteiger partial charge is 0.343 e. The molecule has 9 nitrogen and oxygen atoms in total. The molecule has 3 aromatic carbocycles. The molecular weight excluding hydrogens is 576 g/mol. The highest BCUT2D eigenvalue weighted by Gasteiger charge is 2.35. The summed E-state index contributed by atoms with van der Waals surface area (Å²) in [4.78, 5) is 48.1. The number of hydrogen-bond acceptors (Lipinski definition) is 6. The molecule has 2 N–H and O–H groups in total. The SMILES string of the molecule is Cc1c(NC(=O)c2ccc(C(C)(C)C)cc2)cccc1-c1cn(C)c(=O)c(Nc2ccc(C3C(=O)N(C)CCN3C(C)C)cc2)n1. The average molecular weight is 621 g/mol. The van der Waals surface area contributed by atoms with Crippen LogP contribution in [-0.4, -0.2) is 57.3 Å². The van der Waals surface area contributed by atoms with Crippen LogP contribution >= 0.6 is 0 Å². The number of aromatic nitrogens is 2. The fourth-order valence-electron chi connectivity index (χ4n) is 5.81. The predicted molar refractivity (Wildman–Crippen MR) is 185 cm³/mol. The molecule has 1 fully saturated rings. The fourth-order valence-corrected chi connectivity index (χ4v) is 5.81. The molecule has 1 aliphatic heterocycles. The van der Waals surface area contributed by atoms with Crippen molar-refractivity contribution in [3.8, 4) is 11.3 Å². The molecule has 2 amide bonds. The first-order chi connectivity index (χ1) is 21.7. The molecule has 2 heterocycles. The van der Waals surface area contributed by atoms with Crippen LogP contribution < -0.4 is 16.2 Å². The summed E-state index contributed by atoms with van der Waals surface area (Å²) in [7, 11) is 3.53. The van der Waals surface area contributed by atoms with E-state index in [9.17, 15) is 14.4 Å². The summed E-state index contributed by atoms with van der Waals surface area (Å²) in [6, 6.07) is 20.8. The van der Waals surface area contributed by atoms with E-state index in [4.69, 9.17) is 4.98 Å². The van der Waals surface area contributed by atoms with Gasteiger partial charge in [0.2, 0.25) is 5.91 Å². The first kappa shape index (κ1) is 32.6. The number of carbonyl (C=O) groups excluding carboxylic acids is 2. The van der Waals surface area contributed by atoms with Gasteiger partial charge < -0.3 is 20.1 Å². The van der Waals surface area contributed by atoms with Gasteiger partial charge in [-0.3, -0.25) is 19.3 Å². The second-order valence-electron chi connectivity index (χ2n) is 13.4. The van der Waals surface area contributed by atoms with E-state index in [1.165, 1.54) is 4.57 Å². The Hall–Kier alpha value is -4.76. The third-order valence-corrected chi connectivity index (χ3v) is 8.73. The Labute approximate surface area is 271 Å². The van der Waals surface area contributed by atoms with E-state index in [2.05, 4.69) is 50.2 Å². The Morgan fingerprint density at radius 2 is 1.61 bits per heavy atom. The van der Waals surface area contributed by atoms with Gasteiger partial charge in [0, 0.05) is 61.9 Å². The fraction of sp³-hybridized carbons (Fsp3) is 0.351. The van der Waals surface area contributed by atoms with Crippen LogP contribution in [0.2, 0.25) is 0 Å². The molecule has 240 valence electrons. The number of nitrogens with one attached hydrogen (secondary N) is 2. The van der Waals surface area contributed by atoms with Gasteiger partial charge in [-0.05, 0) is 73.2 Å². The highest BCUT2D eigenvalue weighted by Crippen LogP contribution is 2.31. The maximum absolute atomic E-state index is 13.1. The lowest BCUT2D eigenvalue weighted by Crippen LogP contribution is -2.52. The van der Waals surface area contributed by atoms with E-state index in [-0.39, 0.29) is 40.7 Å². The molecule has 1 unspecified atom stereocenters. The Balaban J connectivity index is 1.38. The van der Waals surface area contributed by atoms with E-state index >= 15 is 0 Å². The summed E-state index contributed by atoms with van der Waals surface area (Å²) in [5.74, 6) is 0.0620. The van der Waals surface area contributed by atoms with Crippen molar-refractivity contribution in [1.29, 1.82) is 0 Å². The second-order valence-corrected chi connectivity index (χ2v) is 13.4. The van der Waals surface area contributed by atoms with Gasteiger partial charge in [0.05, 0.1) is 5.69 Å². The van der Waals surface area contributed by atoms with Crippen molar-refractivity contribution in [2.24, 2.45) is 7.05 Å². The number of amides is 2. The molecule has 46 heavy (non-hydrogen) atoms. The highest BCUT2D eigenvalue weighted by atomic mass is 16.2. The van der Waals surface area contributed by atoms with Gasteiger partial charge in [-0.1, -0.05) is 57.2 Å². The van der Waals surface area contributed by atoms with Crippen LogP contribution in [0.5, 0.6) is 0 Å². The van der Waals surface area contributed by atoms with E-state index in [1.54, 1.807) is 18.1 Å². The van der Waals surface area contributed by atoms with Crippen molar-refractivity contribution >= 4 is 29.0 Å². The molecule has 5 rings (SSSR count). The van der Waals surface area contributed by atoms with Crippen LogP contribution in [-0.2, 0) is 17.3 Å². The summed E-state index contributed by atoms with van der Waals surface area (Å²) in [5, 5.41) is 6.23. The maximum Gasteiger partial charge on any atom is 0.293 e. The quantitative estimate of drug-likeness (QED) is 0.253. The molecule has 0 aliphatic carbocycles. The van der Waals surface area contributed by atoms with Crippen LogP contribution in [0.15, 0.2) is 77.7 Å². The number of anilines is 3. The lowest BCUT2D eigenvalue weighted by molar-refractivity contribution is -0.141. The van der Waals surface area contributed by atoms with Crippen molar-refractivity contribution < 1.29 is 9.59 Å². The standard InChI is InChI=1S/C37H44N6O3/c1-23(2)43-21-20-41(7)35(45)32(43)25-14-18-28(19-15-25)38-33-36(46)42(8)22-31(39-33)29-10-9-11-30(24(29)3)40-34(44)26-12-16-27(17-13-26)37(4,5)6/h9-19,22-23,32H,20-21H2,1-8H3,(H,38,39)(H,40,44). The van der Waals surface area contributed by atoms with Crippen LogP contribution in [0.3, 0.4) is 0 Å². The monoisotopic (exact) mass is 620 g/mol. The third-order valence-electron chi connectivity index (χ3n) is 8.73. The Bertz CT molecular complexity index is 1800. The van der Waals surface area contributed by atoms with Gasteiger partial charge >= 0.3 is 0 Å². The van der Waals surface area contributed by atoms with Gasteiger partial charge in [0.25, 0.3) is 11.5 Å². The van der Waals surface area contributed by atoms with Crippen LogP contribution in [0, 0.1) is 6.92 Å². The summed E-state index contributed by atoms with van der Waals surface area (Å²) >= 11 is 0. The molecule has 4 aromatic rings. The number of benzene rings is 3. The van der Waals surface area contributed by atoms with Gasteiger partial charge in [-0.2, -0.15) is 0 Å². The lowest BCUT2D eigenvalue weighted by Gasteiger charge is -2.41. The number of piperazine rings is 1. The van der Waals surface area contributed by atoms with Crippen LogP contribution in [0.25, 0.3) is 11.3 Å². The molecular formula is C37H44N6O3. The number of nitrogens with zero attached hydrogens (tertiary/aromatic N) is 4. The highest BCUT2D eigenvalue weighted by molar-refractivity contribution is 6.05. The Morgan fingerprint density at radius 3 is 2.24 bits per heavy atom. The molecule has 1 aliphatic rings. The molecule has 0 radical (unpaired) electrons. The number of carbonyl (C=O) groups is 2. The van der Waals surface area contributed by atoms with Crippen molar-refractivity contribution in [3.05, 3.63) is 106 Å². The molecule has 1 saturated heterocycles. The van der Waals surface area contributed by atoms with Gasteiger partial charge in [-0.15, -0.1) is 0 Å². The second kappa shape index (κ2) is 12.9. The first-order valence-corrected chi connectivity index (χ1v) is 15.7. The number of rotatable bonds is 7. The Morgan fingerprint density at radius 1 is 0.935 bits per heavy atom. The maximum atomic E-state index is 13.1. The molecule has 1 atom stereocenters. The average Bonchev–Trinajstić information content (AvgIpc) is 3.01. The van der Waals surface area contributed by atoms with E-state index < -0.39 is 0 Å².